The topological polar surface area (TPSA) is 73.9 Å². The second kappa shape index (κ2) is 12.0. The van der Waals surface area contributed by atoms with Gasteiger partial charge in [0.2, 0.25) is 0 Å². The van der Waals surface area contributed by atoms with Crippen molar-refractivity contribution >= 4 is 23.2 Å². The molecule has 28 heavy (non-hydrogen) atoms. The Labute approximate surface area is 169 Å². The van der Waals surface area contributed by atoms with Crippen LogP contribution in [0.2, 0.25) is 0 Å². The van der Waals surface area contributed by atoms with Gasteiger partial charge >= 0.3 is 5.97 Å². The van der Waals surface area contributed by atoms with Crippen LogP contribution in [-0.4, -0.2) is 38.2 Å². The van der Waals surface area contributed by atoms with Crippen LogP contribution < -0.4 is 14.8 Å². The number of nitrogens with one attached hydrogen (secondary N) is 1. The van der Waals surface area contributed by atoms with Gasteiger partial charge in [-0.1, -0.05) is 19.4 Å². The molecule has 0 atom stereocenters. The highest BCUT2D eigenvalue weighted by atomic mass is 32.1. The summed E-state index contributed by atoms with van der Waals surface area (Å²) in [6.07, 6.45) is 2.73. The van der Waals surface area contributed by atoms with Crippen molar-refractivity contribution in [1.29, 1.82) is 0 Å². The number of rotatable bonds is 12. The molecule has 1 heterocycles. The van der Waals surface area contributed by atoms with Crippen molar-refractivity contribution in [2.24, 2.45) is 0 Å². The van der Waals surface area contributed by atoms with Crippen LogP contribution in [-0.2, 0) is 16.0 Å². The van der Waals surface area contributed by atoms with Gasteiger partial charge in [0.25, 0.3) is 5.91 Å². The quantitative estimate of drug-likeness (QED) is 0.429. The highest BCUT2D eigenvalue weighted by Gasteiger charge is 2.14. The minimum Gasteiger partial charge on any atom is -0.490 e. The standard InChI is InChI=1S/C21H27NO5S/c1-3-5-12-26-18-9-8-16(14-19(18)25-4-2)21(24)27-15-20(23)22-11-10-17-7-6-13-28-17/h6-9,13-14H,3-5,10-12,15H2,1-2H3,(H,22,23). The van der Waals surface area contributed by atoms with Crippen LogP contribution in [0, 0.1) is 0 Å². The van der Waals surface area contributed by atoms with Gasteiger partial charge in [-0.2, -0.15) is 0 Å². The number of hydrogen-bond donors (Lipinski definition) is 1. The molecule has 0 radical (unpaired) electrons. The Balaban J connectivity index is 1.83. The molecule has 152 valence electrons. The zero-order chi connectivity index (χ0) is 20.2. The van der Waals surface area contributed by atoms with Crippen molar-refractivity contribution in [3.63, 3.8) is 0 Å². The van der Waals surface area contributed by atoms with Crippen LogP contribution in [0.1, 0.15) is 41.9 Å². The Hall–Kier alpha value is -2.54. The molecule has 1 amide bonds. The lowest BCUT2D eigenvalue weighted by Gasteiger charge is -2.13. The molecule has 0 aliphatic carbocycles. The largest absolute Gasteiger partial charge is 0.490 e. The zero-order valence-corrected chi connectivity index (χ0v) is 17.2. The summed E-state index contributed by atoms with van der Waals surface area (Å²) in [5.74, 6) is 0.190. The molecule has 0 saturated carbocycles. The van der Waals surface area contributed by atoms with E-state index >= 15 is 0 Å². The summed E-state index contributed by atoms with van der Waals surface area (Å²) in [6, 6.07) is 8.88. The molecule has 7 heteroatoms. The van der Waals surface area contributed by atoms with Crippen molar-refractivity contribution in [3.05, 3.63) is 46.2 Å². The lowest BCUT2D eigenvalue weighted by molar-refractivity contribution is -0.124. The van der Waals surface area contributed by atoms with E-state index in [1.165, 1.54) is 4.88 Å². The summed E-state index contributed by atoms with van der Waals surface area (Å²) in [5.41, 5.74) is 0.317. The van der Waals surface area contributed by atoms with Gasteiger partial charge in [-0.15, -0.1) is 11.3 Å². The van der Waals surface area contributed by atoms with Crippen molar-refractivity contribution in [1.82, 2.24) is 5.32 Å². The Morgan fingerprint density at radius 2 is 1.96 bits per heavy atom. The first-order valence-corrected chi connectivity index (χ1v) is 10.4. The smallest absolute Gasteiger partial charge is 0.338 e. The predicted molar refractivity (Wildman–Crippen MR) is 109 cm³/mol. The van der Waals surface area contributed by atoms with Crippen LogP contribution in [0.3, 0.4) is 0 Å². The van der Waals surface area contributed by atoms with Crippen molar-refractivity contribution in [2.45, 2.75) is 33.1 Å². The fraction of sp³-hybridized carbons (Fsp3) is 0.429. The van der Waals surface area contributed by atoms with Gasteiger partial charge in [0, 0.05) is 11.4 Å². The van der Waals surface area contributed by atoms with Crippen LogP contribution in [0.15, 0.2) is 35.7 Å². The molecule has 1 aromatic heterocycles. The number of hydrogen-bond acceptors (Lipinski definition) is 6. The maximum absolute atomic E-state index is 12.2. The highest BCUT2D eigenvalue weighted by Crippen LogP contribution is 2.29. The average Bonchev–Trinajstić information content (AvgIpc) is 3.21. The van der Waals surface area contributed by atoms with Gasteiger partial charge in [0.05, 0.1) is 18.8 Å². The lowest BCUT2D eigenvalue weighted by atomic mass is 10.2. The molecule has 6 nitrogen and oxygen atoms in total. The first kappa shape index (κ1) is 21.8. The number of carbonyl (C=O) groups is 2. The summed E-state index contributed by atoms with van der Waals surface area (Å²) in [7, 11) is 0. The van der Waals surface area contributed by atoms with Crippen LogP contribution in [0.5, 0.6) is 11.5 Å². The van der Waals surface area contributed by atoms with E-state index in [1.807, 2.05) is 24.4 Å². The number of thiophene rings is 1. The van der Waals surface area contributed by atoms with Gasteiger partial charge < -0.3 is 19.5 Å². The van der Waals surface area contributed by atoms with E-state index < -0.39 is 5.97 Å². The minimum atomic E-state index is -0.575. The number of carbonyl (C=O) groups excluding carboxylic acids is 2. The van der Waals surface area contributed by atoms with Gasteiger partial charge in [0.1, 0.15) is 0 Å². The minimum absolute atomic E-state index is 0.317. The number of esters is 1. The molecule has 0 fully saturated rings. The molecule has 1 N–H and O–H groups in total. The monoisotopic (exact) mass is 405 g/mol. The Bertz CT molecular complexity index is 745. The first-order chi connectivity index (χ1) is 13.6. The lowest BCUT2D eigenvalue weighted by Crippen LogP contribution is -2.30. The zero-order valence-electron chi connectivity index (χ0n) is 16.4. The third kappa shape index (κ3) is 7.23. The Morgan fingerprint density at radius 1 is 1.11 bits per heavy atom. The maximum Gasteiger partial charge on any atom is 0.338 e. The Morgan fingerprint density at radius 3 is 2.68 bits per heavy atom. The number of amides is 1. The molecule has 0 aliphatic heterocycles. The van der Waals surface area contributed by atoms with Gasteiger partial charge in [0.15, 0.2) is 18.1 Å². The van der Waals surface area contributed by atoms with Crippen molar-refractivity contribution in [2.75, 3.05) is 26.4 Å². The van der Waals surface area contributed by atoms with E-state index in [2.05, 4.69) is 12.2 Å². The molecule has 0 bridgehead atoms. The maximum atomic E-state index is 12.2. The Kier molecular flexibility index (Phi) is 9.34. The summed E-state index contributed by atoms with van der Waals surface area (Å²) in [4.78, 5) is 25.3. The van der Waals surface area contributed by atoms with Crippen LogP contribution in [0.4, 0.5) is 0 Å². The van der Waals surface area contributed by atoms with Gasteiger partial charge in [-0.3, -0.25) is 4.79 Å². The number of benzene rings is 1. The van der Waals surface area contributed by atoms with Gasteiger partial charge in [-0.05, 0) is 49.4 Å². The second-order valence-electron chi connectivity index (χ2n) is 6.05. The van der Waals surface area contributed by atoms with E-state index in [1.54, 1.807) is 29.5 Å². The summed E-state index contributed by atoms with van der Waals surface area (Å²) < 4.78 is 16.4. The van der Waals surface area contributed by atoms with Crippen LogP contribution >= 0.6 is 11.3 Å². The van der Waals surface area contributed by atoms with Gasteiger partial charge in [-0.25, -0.2) is 4.79 Å². The number of ether oxygens (including phenoxy) is 3. The van der Waals surface area contributed by atoms with E-state index in [0.29, 0.717) is 36.8 Å². The SMILES string of the molecule is CCCCOc1ccc(C(=O)OCC(=O)NCCc2cccs2)cc1OCC. The first-order valence-electron chi connectivity index (χ1n) is 9.49. The molecule has 0 spiro atoms. The fourth-order valence-corrected chi connectivity index (χ4v) is 3.10. The summed E-state index contributed by atoms with van der Waals surface area (Å²) in [6.45, 7) is 5.18. The normalized spacial score (nSPS) is 10.4. The molecule has 0 unspecified atom stereocenters. The van der Waals surface area contributed by atoms with E-state index in [4.69, 9.17) is 14.2 Å². The summed E-state index contributed by atoms with van der Waals surface area (Å²) >= 11 is 1.64. The van der Waals surface area contributed by atoms with Crippen LogP contribution in [0.25, 0.3) is 0 Å². The average molecular weight is 406 g/mol. The fourth-order valence-electron chi connectivity index (χ4n) is 2.39. The van der Waals surface area contributed by atoms with E-state index in [9.17, 15) is 9.59 Å². The predicted octanol–water partition coefficient (Wildman–Crippen LogP) is 3.84. The highest BCUT2D eigenvalue weighted by molar-refractivity contribution is 7.09. The van der Waals surface area contributed by atoms with E-state index in [0.717, 1.165) is 19.3 Å². The van der Waals surface area contributed by atoms with E-state index in [-0.39, 0.29) is 12.5 Å². The molecular formula is C21H27NO5S. The number of unbranched alkanes of at least 4 members (excludes halogenated alkanes) is 1. The third-order valence-corrected chi connectivity index (χ3v) is 4.78. The molecule has 0 saturated heterocycles. The molecule has 0 aliphatic rings. The molecule has 2 aromatic rings. The second-order valence-corrected chi connectivity index (χ2v) is 7.08. The molecule has 2 rings (SSSR count). The van der Waals surface area contributed by atoms with Crippen molar-refractivity contribution < 1.29 is 23.8 Å². The summed E-state index contributed by atoms with van der Waals surface area (Å²) in [5, 5.41) is 4.74. The molecular weight excluding hydrogens is 378 g/mol. The van der Waals surface area contributed by atoms with Crippen molar-refractivity contribution in [3.8, 4) is 11.5 Å². The molecule has 1 aromatic carbocycles. The third-order valence-electron chi connectivity index (χ3n) is 3.84.